The zero-order valence-electron chi connectivity index (χ0n) is 21.0. The summed E-state index contributed by atoms with van der Waals surface area (Å²) in [5.74, 6) is 0. The van der Waals surface area contributed by atoms with Crippen LogP contribution in [0.5, 0.6) is 0 Å². The lowest BCUT2D eigenvalue weighted by Gasteiger charge is -2.18. The maximum Gasteiger partial charge on any atom is 0.221 e. The Morgan fingerprint density at radius 3 is 2.31 bits per heavy atom. The lowest BCUT2D eigenvalue weighted by atomic mass is 9.90. The second-order valence-electron chi connectivity index (χ2n) is 10.1. The topological polar surface area (TPSA) is 7.94 Å². The van der Waals surface area contributed by atoms with Crippen molar-refractivity contribution in [1.82, 2.24) is 4.57 Å². The van der Waals surface area contributed by atoms with Gasteiger partial charge < -0.3 is 4.57 Å². The maximum absolute atomic E-state index is 3.73. The summed E-state index contributed by atoms with van der Waals surface area (Å²) >= 11 is 3.73. The molecule has 4 aromatic rings. The molecule has 0 amide bonds. The molecule has 0 fully saturated rings. The van der Waals surface area contributed by atoms with E-state index in [1.807, 2.05) is 0 Å². The van der Waals surface area contributed by atoms with Crippen LogP contribution in [0.4, 0.5) is 0 Å². The third kappa shape index (κ3) is 3.48. The van der Waals surface area contributed by atoms with Gasteiger partial charge in [-0.2, -0.15) is 4.58 Å². The third-order valence-corrected chi connectivity index (χ3v) is 8.19. The summed E-state index contributed by atoms with van der Waals surface area (Å²) in [6, 6.07) is 22.5. The Hall–Kier alpha value is -3.17. The fourth-order valence-corrected chi connectivity index (χ4v) is 6.56. The second kappa shape index (κ2) is 8.20. The normalized spacial score (nSPS) is 15.4. The first kappa shape index (κ1) is 22.3. The summed E-state index contributed by atoms with van der Waals surface area (Å²) in [6.45, 7) is 6.65. The van der Waals surface area contributed by atoms with Gasteiger partial charge in [0.2, 0.25) is 11.4 Å². The van der Waals surface area contributed by atoms with Gasteiger partial charge in [0.1, 0.15) is 7.05 Å². The van der Waals surface area contributed by atoms with Crippen LogP contribution in [0.25, 0.3) is 23.0 Å². The first-order valence-electron chi connectivity index (χ1n) is 12.3. The highest BCUT2D eigenvalue weighted by atomic mass is 79.9. The molecule has 0 N–H and O–H groups in total. The minimum Gasteiger partial charge on any atom is -0.344 e. The van der Waals surface area contributed by atoms with Crippen LogP contribution in [0.15, 0.2) is 65.1 Å². The van der Waals surface area contributed by atoms with Gasteiger partial charge in [-0.15, -0.1) is 0 Å². The standard InChI is InChI=1S/C32H30BrN2/c1-19-14-20(2)30(21(3)15-19)32-28-17-24(33)12-13-27(28)29(35(32)5)18-25-16-23-11-10-22-8-6-7-9-26(22)31(23)34(25)4/h6-9,12-18H,10-11H2,1-5H3/q+1. The van der Waals surface area contributed by atoms with Crippen molar-refractivity contribution in [3.05, 3.63) is 115 Å². The zero-order chi connectivity index (χ0) is 24.4. The number of halogens is 1. The Bertz CT molecular complexity index is 1570. The molecule has 174 valence electrons. The van der Waals surface area contributed by atoms with Crippen molar-refractivity contribution in [3.63, 3.8) is 0 Å². The molecule has 1 aliphatic heterocycles. The van der Waals surface area contributed by atoms with Crippen LogP contribution in [0.1, 0.15) is 50.2 Å². The molecule has 0 radical (unpaired) electrons. The Morgan fingerprint density at radius 2 is 1.54 bits per heavy atom. The molecule has 0 unspecified atom stereocenters. The van der Waals surface area contributed by atoms with Crippen molar-refractivity contribution >= 4 is 33.4 Å². The monoisotopic (exact) mass is 521 g/mol. The zero-order valence-corrected chi connectivity index (χ0v) is 22.6. The van der Waals surface area contributed by atoms with Crippen molar-refractivity contribution in [1.29, 1.82) is 0 Å². The SMILES string of the molecule is Cc1cc(C)c(C2=[N+](C)C(=Cc3cc4c(n3C)-c3ccccc3CC4)c3ccc(Br)cc32)c(C)c1. The van der Waals surface area contributed by atoms with Gasteiger partial charge in [0.05, 0.1) is 22.4 Å². The summed E-state index contributed by atoms with van der Waals surface area (Å²) < 4.78 is 5.88. The maximum atomic E-state index is 3.73. The quantitative estimate of drug-likeness (QED) is 0.241. The number of hydrogen-bond donors (Lipinski definition) is 0. The summed E-state index contributed by atoms with van der Waals surface area (Å²) in [7, 11) is 4.43. The molecule has 2 nitrogen and oxygen atoms in total. The van der Waals surface area contributed by atoms with Crippen molar-refractivity contribution in [2.24, 2.45) is 7.05 Å². The fraction of sp³-hybridized carbons (Fsp3) is 0.219. The summed E-state index contributed by atoms with van der Waals surface area (Å²) in [4.78, 5) is 0. The highest BCUT2D eigenvalue weighted by Crippen LogP contribution is 2.39. The minimum absolute atomic E-state index is 1.10. The van der Waals surface area contributed by atoms with E-state index in [-0.39, 0.29) is 0 Å². The molecule has 0 bridgehead atoms. The Labute approximate surface area is 216 Å². The Balaban J connectivity index is 1.58. The van der Waals surface area contributed by atoms with Gasteiger partial charge in [-0.1, -0.05) is 57.9 Å². The molecule has 0 atom stereocenters. The van der Waals surface area contributed by atoms with Gasteiger partial charge in [0, 0.05) is 28.9 Å². The molecule has 3 aromatic carbocycles. The molecule has 0 saturated carbocycles. The summed E-state index contributed by atoms with van der Waals surface area (Å²) in [6.07, 6.45) is 4.59. The van der Waals surface area contributed by atoms with E-state index in [9.17, 15) is 0 Å². The van der Waals surface area contributed by atoms with E-state index >= 15 is 0 Å². The number of aromatic nitrogens is 1. The largest absolute Gasteiger partial charge is 0.344 e. The smallest absolute Gasteiger partial charge is 0.221 e. The van der Waals surface area contributed by atoms with Gasteiger partial charge in [0.15, 0.2) is 0 Å². The molecule has 35 heavy (non-hydrogen) atoms. The van der Waals surface area contributed by atoms with Gasteiger partial charge in [-0.25, -0.2) is 0 Å². The number of rotatable bonds is 2. The van der Waals surface area contributed by atoms with Crippen LogP contribution in [0.3, 0.4) is 0 Å². The molecule has 2 aliphatic rings. The van der Waals surface area contributed by atoms with Crippen LogP contribution < -0.4 is 0 Å². The first-order chi connectivity index (χ1) is 16.8. The van der Waals surface area contributed by atoms with Gasteiger partial charge >= 0.3 is 0 Å². The number of benzene rings is 3. The van der Waals surface area contributed by atoms with Crippen LogP contribution >= 0.6 is 15.9 Å². The van der Waals surface area contributed by atoms with Gasteiger partial charge in [-0.05, 0) is 80.1 Å². The van der Waals surface area contributed by atoms with E-state index in [1.165, 1.54) is 72.9 Å². The fourth-order valence-electron chi connectivity index (χ4n) is 6.20. The Kier molecular flexibility index (Phi) is 5.23. The highest BCUT2D eigenvalue weighted by Gasteiger charge is 2.35. The molecular weight excluding hydrogens is 492 g/mol. The van der Waals surface area contributed by atoms with E-state index < -0.39 is 0 Å². The average molecular weight is 523 g/mol. The third-order valence-electron chi connectivity index (χ3n) is 7.69. The van der Waals surface area contributed by atoms with Crippen LogP contribution in [-0.4, -0.2) is 21.9 Å². The van der Waals surface area contributed by atoms with Crippen molar-refractivity contribution < 1.29 is 4.58 Å². The van der Waals surface area contributed by atoms with E-state index in [1.54, 1.807) is 0 Å². The van der Waals surface area contributed by atoms with E-state index in [2.05, 4.69) is 127 Å². The minimum atomic E-state index is 1.10. The Morgan fingerprint density at radius 1 is 0.829 bits per heavy atom. The predicted molar refractivity (Wildman–Crippen MR) is 150 cm³/mol. The second-order valence-corrected chi connectivity index (χ2v) is 11.0. The molecule has 0 spiro atoms. The number of aryl methyl sites for hydroxylation is 5. The van der Waals surface area contributed by atoms with Gasteiger partial charge in [-0.3, -0.25) is 0 Å². The predicted octanol–water partition coefficient (Wildman–Crippen LogP) is 7.47. The highest BCUT2D eigenvalue weighted by molar-refractivity contribution is 9.10. The van der Waals surface area contributed by atoms with E-state index in [4.69, 9.17) is 0 Å². The molecule has 3 heteroatoms. The number of nitrogens with zero attached hydrogens (tertiary/aromatic N) is 2. The molecule has 1 aromatic heterocycles. The first-order valence-corrected chi connectivity index (χ1v) is 13.1. The molecule has 2 heterocycles. The molecule has 0 saturated heterocycles. The van der Waals surface area contributed by atoms with Crippen molar-refractivity contribution in [2.45, 2.75) is 33.6 Å². The van der Waals surface area contributed by atoms with Gasteiger partial charge in [0.25, 0.3) is 0 Å². The number of fused-ring (bicyclic) bond motifs is 4. The lowest BCUT2D eigenvalue weighted by molar-refractivity contribution is -0.389. The molecule has 1 aliphatic carbocycles. The summed E-state index contributed by atoms with van der Waals surface area (Å²) in [5, 5.41) is 0. The van der Waals surface area contributed by atoms with E-state index in [0.29, 0.717) is 0 Å². The van der Waals surface area contributed by atoms with E-state index in [0.717, 1.165) is 17.3 Å². The van der Waals surface area contributed by atoms with Crippen LogP contribution in [0.2, 0.25) is 0 Å². The van der Waals surface area contributed by atoms with Crippen LogP contribution in [-0.2, 0) is 19.9 Å². The van der Waals surface area contributed by atoms with Crippen molar-refractivity contribution in [2.75, 3.05) is 7.05 Å². The lowest BCUT2D eigenvalue weighted by Crippen LogP contribution is -2.15. The number of hydrogen-bond acceptors (Lipinski definition) is 0. The van der Waals surface area contributed by atoms with Crippen LogP contribution in [0, 0.1) is 20.8 Å². The molecular formula is C32H30BrN2+. The summed E-state index contributed by atoms with van der Waals surface area (Å²) in [5.41, 5.74) is 17.3. The molecule has 6 rings (SSSR count). The van der Waals surface area contributed by atoms with Crippen molar-refractivity contribution in [3.8, 4) is 11.3 Å². The average Bonchev–Trinajstić information content (AvgIpc) is 3.28.